The Labute approximate surface area is 163 Å². The number of aryl methyl sites for hydroxylation is 4. The Kier molecular flexibility index (Phi) is 4.22. The molecule has 1 aliphatic carbocycles. The molecule has 2 aromatic carbocycles. The number of nitrogens with zero attached hydrogens (tertiary/aromatic N) is 1. The summed E-state index contributed by atoms with van der Waals surface area (Å²) in [5.41, 5.74) is 4.60. The molecule has 0 saturated carbocycles. The Morgan fingerprint density at radius 3 is 2.54 bits per heavy atom. The number of nitrogens with one attached hydrogen (secondary N) is 2. The second-order valence-corrected chi connectivity index (χ2v) is 7.71. The van der Waals surface area contributed by atoms with Crippen molar-refractivity contribution >= 4 is 23.5 Å². The van der Waals surface area contributed by atoms with Gasteiger partial charge in [-0.2, -0.15) is 0 Å². The standard InChI is InChI=1S/C22H23N3O3/c1-13-10-14(2)19(15(3)11-13)23-18(26)12-25-20(27)22(24-21(25)28)9-8-16-6-4-5-7-17(16)22/h4-7,10-11H,8-9,12H2,1-3H3,(H,23,26)(H,24,28)/t22-/m1/s1. The van der Waals surface area contributed by atoms with Crippen molar-refractivity contribution in [2.24, 2.45) is 0 Å². The Morgan fingerprint density at radius 2 is 1.82 bits per heavy atom. The van der Waals surface area contributed by atoms with Crippen molar-refractivity contribution < 1.29 is 14.4 Å². The third-order valence-corrected chi connectivity index (χ3v) is 5.67. The van der Waals surface area contributed by atoms with E-state index in [1.54, 1.807) is 0 Å². The molecule has 2 aromatic rings. The van der Waals surface area contributed by atoms with Crippen LogP contribution in [-0.2, 0) is 21.5 Å². The van der Waals surface area contributed by atoms with Gasteiger partial charge in [-0.3, -0.25) is 14.5 Å². The van der Waals surface area contributed by atoms with Gasteiger partial charge in [0.25, 0.3) is 5.91 Å². The van der Waals surface area contributed by atoms with E-state index in [0.717, 1.165) is 44.8 Å². The van der Waals surface area contributed by atoms with Crippen molar-refractivity contribution in [3.8, 4) is 0 Å². The first-order valence-electron chi connectivity index (χ1n) is 9.42. The number of fused-ring (bicyclic) bond motifs is 2. The van der Waals surface area contributed by atoms with Gasteiger partial charge in [0.05, 0.1) is 0 Å². The van der Waals surface area contributed by atoms with E-state index in [2.05, 4.69) is 10.6 Å². The molecule has 1 fully saturated rings. The molecule has 1 atom stereocenters. The largest absolute Gasteiger partial charge is 0.325 e. The Bertz CT molecular complexity index is 991. The number of imide groups is 1. The summed E-state index contributed by atoms with van der Waals surface area (Å²) in [6.45, 7) is 5.54. The molecule has 1 aliphatic heterocycles. The van der Waals surface area contributed by atoms with E-state index in [1.165, 1.54) is 0 Å². The maximum Gasteiger partial charge on any atom is 0.325 e. The monoisotopic (exact) mass is 377 g/mol. The number of urea groups is 1. The lowest BCUT2D eigenvalue weighted by molar-refractivity contribution is -0.134. The average Bonchev–Trinajstić information content (AvgIpc) is 3.12. The first-order valence-corrected chi connectivity index (χ1v) is 9.42. The number of hydrogen-bond donors (Lipinski definition) is 2. The van der Waals surface area contributed by atoms with Crippen LogP contribution < -0.4 is 10.6 Å². The summed E-state index contributed by atoms with van der Waals surface area (Å²) >= 11 is 0. The topological polar surface area (TPSA) is 78.5 Å². The van der Waals surface area contributed by atoms with Gasteiger partial charge in [-0.1, -0.05) is 42.0 Å². The highest BCUT2D eigenvalue weighted by Gasteiger charge is 2.55. The Hall–Kier alpha value is -3.15. The predicted molar refractivity (Wildman–Crippen MR) is 106 cm³/mol. The van der Waals surface area contributed by atoms with E-state index < -0.39 is 11.6 Å². The van der Waals surface area contributed by atoms with Crippen molar-refractivity contribution in [1.29, 1.82) is 0 Å². The molecule has 1 heterocycles. The lowest BCUT2D eigenvalue weighted by atomic mass is 9.92. The third kappa shape index (κ3) is 2.76. The smallest absolute Gasteiger partial charge is 0.324 e. The molecule has 6 nitrogen and oxygen atoms in total. The van der Waals surface area contributed by atoms with Gasteiger partial charge in [0.1, 0.15) is 12.1 Å². The van der Waals surface area contributed by atoms with Crippen LogP contribution in [0.25, 0.3) is 0 Å². The molecule has 28 heavy (non-hydrogen) atoms. The molecular weight excluding hydrogens is 354 g/mol. The molecule has 1 saturated heterocycles. The predicted octanol–water partition coefficient (Wildman–Crippen LogP) is 2.94. The lowest BCUT2D eigenvalue weighted by Crippen LogP contribution is -2.43. The van der Waals surface area contributed by atoms with Gasteiger partial charge in [-0.25, -0.2) is 4.79 Å². The van der Waals surface area contributed by atoms with Gasteiger partial charge in [-0.05, 0) is 55.9 Å². The summed E-state index contributed by atoms with van der Waals surface area (Å²) in [5.74, 6) is -0.739. The molecular formula is C22H23N3O3. The molecule has 144 valence electrons. The van der Waals surface area contributed by atoms with Gasteiger partial charge in [-0.15, -0.1) is 0 Å². The fourth-order valence-corrected chi connectivity index (χ4v) is 4.43. The lowest BCUT2D eigenvalue weighted by Gasteiger charge is -2.22. The van der Waals surface area contributed by atoms with Gasteiger partial charge in [0.2, 0.25) is 5.91 Å². The molecule has 4 amide bonds. The van der Waals surface area contributed by atoms with Crippen molar-refractivity contribution in [2.75, 3.05) is 11.9 Å². The minimum Gasteiger partial charge on any atom is -0.324 e. The second kappa shape index (κ2) is 6.48. The van der Waals surface area contributed by atoms with Crippen LogP contribution in [0.5, 0.6) is 0 Å². The zero-order valence-corrected chi connectivity index (χ0v) is 16.3. The number of amides is 4. The summed E-state index contributed by atoms with van der Waals surface area (Å²) in [6.07, 6.45) is 1.25. The van der Waals surface area contributed by atoms with Crippen LogP contribution in [0, 0.1) is 20.8 Å². The van der Waals surface area contributed by atoms with Crippen molar-refractivity contribution in [1.82, 2.24) is 10.2 Å². The minimum atomic E-state index is -1.04. The number of hydrogen-bond acceptors (Lipinski definition) is 3. The quantitative estimate of drug-likeness (QED) is 0.808. The highest BCUT2D eigenvalue weighted by atomic mass is 16.2. The van der Waals surface area contributed by atoms with Gasteiger partial charge < -0.3 is 10.6 Å². The van der Waals surface area contributed by atoms with Crippen LogP contribution in [-0.4, -0.2) is 29.3 Å². The maximum atomic E-state index is 13.1. The Morgan fingerprint density at radius 1 is 1.14 bits per heavy atom. The first kappa shape index (κ1) is 18.2. The van der Waals surface area contributed by atoms with Crippen molar-refractivity contribution in [2.45, 2.75) is 39.2 Å². The number of carbonyl (C=O) groups is 3. The van der Waals surface area contributed by atoms with E-state index in [9.17, 15) is 14.4 Å². The molecule has 0 radical (unpaired) electrons. The third-order valence-electron chi connectivity index (χ3n) is 5.67. The van der Waals surface area contributed by atoms with Crippen LogP contribution in [0.15, 0.2) is 36.4 Å². The number of benzene rings is 2. The number of rotatable bonds is 3. The SMILES string of the molecule is Cc1cc(C)c(NC(=O)CN2C(=O)N[C@@]3(CCc4ccccc43)C2=O)c(C)c1. The summed E-state index contributed by atoms with van der Waals surface area (Å²) in [5, 5.41) is 5.70. The van der Waals surface area contributed by atoms with Gasteiger partial charge >= 0.3 is 6.03 Å². The van der Waals surface area contributed by atoms with E-state index in [0.29, 0.717) is 6.42 Å². The van der Waals surface area contributed by atoms with E-state index >= 15 is 0 Å². The zero-order chi connectivity index (χ0) is 20.1. The molecule has 0 aromatic heterocycles. The molecule has 2 aliphatic rings. The highest BCUT2D eigenvalue weighted by molar-refractivity contribution is 6.11. The molecule has 6 heteroatoms. The number of anilines is 1. The van der Waals surface area contributed by atoms with E-state index in [1.807, 2.05) is 57.2 Å². The number of carbonyl (C=O) groups excluding carboxylic acids is 3. The summed E-state index contributed by atoms with van der Waals surface area (Å²) in [6, 6.07) is 11.1. The second-order valence-electron chi connectivity index (χ2n) is 7.71. The van der Waals surface area contributed by atoms with E-state index in [4.69, 9.17) is 0 Å². The molecule has 0 bridgehead atoms. The van der Waals surface area contributed by atoms with Crippen molar-refractivity contribution in [3.63, 3.8) is 0 Å². The van der Waals surface area contributed by atoms with Crippen LogP contribution in [0.3, 0.4) is 0 Å². The summed E-state index contributed by atoms with van der Waals surface area (Å²) < 4.78 is 0. The van der Waals surface area contributed by atoms with Gasteiger partial charge in [0, 0.05) is 5.69 Å². The van der Waals surface area contributed by atoms with E-state index in [-0.39, 0.29) is 18.4 Å². The highest BCUT2D eigenvalue weighted by Crippen LogP contribution is 2.41. The summed E-state index contributed by atoms with van der Waals surface area (Å²) in [7, 11) is 0. The normalized spacial score (nSPS) is 20.5. The first-order chi connectivity index (χ1) is 13.3. The van der Waals surface area contributed by atoms with Crippen molar-refractivity contribution in [3.05, 3.63) is 64.2 Å². The fourth-order valence-electron chi connectivity index (χ4n) is 4.43. The average molecular weight is 377 g/mol. The van der Waals surface area contributed by atoms with Crippen LogP contribution >= 0.6 is 0 Å². The Balaban J connectivity index is 1.54. The minimum absolute atomic E-state index is 0.304. The molecule has 0 unspecified atom stereocenters. The summed E-state index contributed by atoms with van der Waals surface area (Å²) in [4.78, 5) is 39.3. The maximum absolute atomic E-state index is 13.1. The molecule has 1 spiro atoms. The zero-order valence-electron chi connectivity index (χ0n) is 16.3. The van der Waals surface area contributed by atoms with Gasteiger partial charge in [0.15, 0.2) is 0 Å². The molecule has 4 rings (SSSR count). The van der Waals surface area contributed by atoms with Crippen LogP contribution in [0.4, 0.5) is 10.5 Å². The van der Waals surface area contributed by atoms with Crippen LogP contribution in [0.1, 0.15) is 34.2 Å². The molecule has 2 N–H and O–H groups in total. The fraction of sp³-hybridized carbons (Fsp3) is 0.318. The van der Waals surface area contributed by atoms with Crippen LogP contribution in [0.2, 0.25) is 0 Å².